The van der Waals surface area contributed by atoms with E-state index in [2.05, 4.69) is 42.3 Å². The largest absolute Gasteiger partial charge is 0.494 e. The predicted octanol–water partition coefficient (Wildman–Crippen LogP) is 7.55. The minimum atomic E-state index is -1.11. The Morgan fingerprint density at radius 2 is 1.59 bits per heavy atom. The number of carbonyl (C=O) groups excluding carboxylic acids is 1. The van der Waals surface area contributed by atoms with Crippen molar-refractivity contribution in [1.82, 2.24) is 0 Å². The summed E-state index contributed by atoms with van der Waals surface area (Å²) in [5, 5.41) is 3.54. The fourth-order valence-electron chi connectivity index (χ4n) is 5.68. The lowest BCUT2D eigenvalue weighted by Gasteiger charge is -2.37. The fraction of sp³-hybridized carbons (Fsp3) is 0.242. The minimum absolute atomic E-state index is 0.334. The molecule has 1 N–H and O–H groups in total. The lowest BCUT2D eigenvalue weighted by Crippen LogP contribution is -2.33. The molecule has 0 aromatic heterocycles. The topological polar surface area (TPSA) is 60.0 Å². The van der Waals surface area contributed by atoms with Gasteiger partial charge >= 0.3 is 5.97 Å². The van der Waals surface area contributed by atoms with Crippen LogP contribution in [0.4, 0.5) is 17.1 Å². The molecule has 0 fully saturated rings. The van der Waals surface area contributed by atoms with Crippen molar-refractivity contribution in [2.75, 3.05) is 29.9 Å². The van der Waals surface area contributed by atoms with Crippen molar-refractivity contribution in [3.05, 3.63) is 107 Å². The first-order chi connectivity index (χ1) is 19.0. The molecule has 0 amide bonds. The van der Waals surface area contributed by atoms with Crippen LogP contribution in [0.5, 0.6) is 17.2 Å². The molecule has 1 spiro atoms. The third kappa shape index (κ3) is 3.98. The van der Waals surface area contributed by atoms with Crippen molar-refractivity contribution in [3.8, 4) is 17.2 Å². The second-order valence-corrected chi connectivity index (χ2v) is 9.82. The highest BCUT2D eigenvalue weighted by Gasteiger charge is 2.53. The summed E-state index contributed by atoms with van der Waals surface area (Å²) in [4.78, 5) is 15.5. The summed E-state index contributed by atoms with van der Waals surface area (Å²) >= 11 is 0. The molecule has 0 bridgehead atoms. The summed E-state index contributed by atoms with van der Waals surface area (Å²) in [7, 11) is 0. The molecule has 198 valence electrons. The van der Waals surface area contributed by atoms with Gasteiger partial charge in [-0.05, 0) is 87.9 Å². The van der Waals surface area contributed by atoms with E-state index < -0.39 is 5.60 Å². The zero-order valence-electron chi connectivity index (χ0n) is 22.7. The van der Waals surface area contributed by atoms with E-state index in [1.165, 1.54) is 0 Å². The number of ether oxygens (including phenoxy) is 3. The van der Waals surface area contributed by atoms with Gasteiger partial charge in [0.1, 0.15) is 17.2 Å². The quantitative estimate of drug-likeness (QED) is 0.254. The van der Waals surface area contributed by atoms with E-state index in [4.69, 9.17) is 14.2 Å². The standard InChI is InChI=1S/C33H32N2O4/c1-5-35(6-2)23-14-17-27-31(19-23)38-30-18-21(4)29(34-22-12-15-24(16-13-22)37-7-3)20-28(30)33(27)26-11-9-8-10-25(26)32(36)39-33/h8-20,34H,5-7H2,1-4H3. The van der Waals surface area contributed by atoms with E-state index >= 15 is 0 Å². The number of carbonyl (C=O) groups is 1. The number of benzene rings is 4. The van der Waals surface area contributed by atoms with Crippen LogP contribution in [-0.2, 0) is 10.3 Å². The molecule has 2 heterocycles. The highest BCUT2D eigenvalue weighted by molar-refractivity contribution is 5.97. The summed E-state index contributed by atoms with van der Waals surface area (Å²) < 4.78 is 18.5. The number of nitrogens with one attached hydrogen (secondary N) is 1. The molecule has 0 radical (unpaired) electrons. The van der Waals surface area contributed by atoms with Crippen LogP contribution in [-0.4, -0.2) is 25.7 Å². The zero-order valence-corrected chi connectivity index (χ0v) is 22.7. The first-order valence-electron chi connectivity index (χ1n) is 13.5. The van der Waals surface area contributed by atoms with Gasteiger partial charge in [-0.2, -0.15) is 0 Å². The fourth-order valence-corrected chi connectivity index (χ4v) is 5.68. The van der Waals surface area contributed by atoms with E-state index in [-0.39, 0.29) is 5.97 Å². The van der Waals surface area contributed by atoms with Crippen LogP contribution < -0.4 is 19.7 Å². The molecule has 1 atom stereocenters. The van der Waals surface area contributed by atoms with Gasteiger partial charge in [0.25, 0.3) is 0 Å². The minimum Gasteiger partial charge on any atom is -0.494 e. The van der Waals surface area contributed by atoms with Gasteiger partial charge in [-0.25, -0.2) is 4.79 Å². The second kappa shape index (κ2) is 9.70. The maximum absolute atomic E-state index is 13.3. The number of nitrogens with zero attached hydrogens (tertiary/aromatic N) is 1. The molecule has 0 saturated heterocycles. The Balaban J connectivity index is 1.51. The predicted molar refractivity (Wildman–Crippen MR) is 154 cm³/mol. The van der Waals surface area contributed by atoms with Gasteiger partial charge in [-0.3, -0.25) is 0 Å². The maximum atomic E-state index is 13.3. The number of rotatable bonds is 7. The number of hydrogen-bond donors (Lipinski definition) is 1. The number of esters is 1. The van der Waals surface area contributed by atoms with Gasteiger partial charge in [-0.15, -0.1) is 0 Å². The van der Waals surface area contributed by atoms with Crippen molar-refractivity contribution < 1.29 is 19.0 Å². The van der Waals surface area contributed by atoms with Crippen molar-refractivity contribution in [2.45, 2.75) is 33.3 Å². The molecule has 1 unspecified atom stereocenters. The van der Waals surface area contributed by atoms with E-state index in [0.717, 1.165) is 58.2 Å². The van der Waals surface area contributed by atoms with Crippen molar-refractivity contribution in [2.24, 2.45) is 0 Å². The van der Waals surface area contributed by atoms with Gasteiger partial charge < -0.3 is 24.4 Å². The molecule has 6 heteroatoms. The number of fused-ring (bicyclic) bond motifs is 6. The summed E-state index contributed by atoms with van der Waals surface area (Å²) in [6.45, 7) is 10.7. The van der Waals surface area contributed by atoms with E-state index in [0.29, 0.717) is 23.7 Å². The van der Waals surface area contributed by atoms with Crippen LogP contribution in [0.3, 0.4) is 0 Å². The molecule has 0 aliphatic carbocycles. The molecule has 6 nitrogen and oxygen atoms in total. The average molecular weight is 521 g/mol. The third-order valence-electron chi connectivity index (χ3n) is 7.62. The van der Waals surface area contributed by atoms with Crippen LogP contribution in [0, 0.1) is 6.92 Å². The Bertz CT molecular complexity index is 1560. The first kappa shape index (κ1) is 24.9. The molecule has 6 rings (SSSR count). The monoisotopic (exact) mass is 520 g/mol. The lowest BCUT2D eigenvalue weighted by atomic mass is 9.77. The van der Waals surface area contributed by atoms with Gasteiger partial charge in [0.15, 0.2) is 5.60 Å². The van der Waals surface area contributed by atoms with E-state index in [1.54, 1.807) is 0 Å². The summed E-state index contributed by atoms with van der Waals surface area (Å²) in [6.07, 6.45) is 0. The zero-order chi connectivity index (χ0) is 27.1. The highest BCUT2D eigenvalue weighted by atomic mass is 16.6. The molecule has 4 aromatic rings. The molecule has 2 aliphatic rings. The number of aryl methyl sites for hydroxylation is 1. The lowest BCUT2D eigenvalue weighted by molar-refractivity contribution is 0.0224. The van der Waals surface area contributed by atoms with Crippen molar-refractivity contribution >= 4 is 23.0 Å². The summed E-state index contributed by atoms with van der Waals surface area (Å²) in [5.74, 6) is 1.87. The molecule has 4 aromatic carbocycles. The van der Waals surface area contributed by atoms with Crippen LogP contribution in [0.1, 0.15) is 53.4 Å². The van der Waals surface area contributed by atoms with Crippen molar-refractivity contribution in [1.29, 1.82) is 0 Å². The van der Waals surface area contributed by atoms with Gasteiger partial charge in [0.2, 0.25) is 0 Å². The number of anilines is 3. The normalized spacial score (nSPS) is 16.6. The molecule has 2 aliphatic heterocycles. The third-order valence-corrected chi connectivity index (χ3v) is 7.62. The summed E-state index contributed by atoms with van der Waals surface area (Å²) in [5.41, 5.74) is 5.83. The highest BCUT2D eigenvalue weighted by Crippen LogP contribution is 2.57. The van der Waals surface area contributed by atoms with Crippen LogP contribution in [0.25, 0.3) is 0 Å². The van der Waals surface area contributed by atoms with Gasteiger partial charge in [0, 0.05) is 52.9 Å². The Morgan fingerprint density at radius 1 is 0.846 bits per heavy atom. The van der Waals surface area contributed by atoms with Crippen LogP contribution in [0.2, 0.25) is 0 Å². The van der Waals surface area contributed by atoms with Crippen LogP contribution >= 0.6 is 0 Å². The van der Waals surface area contributed by atoms with E-state index in [9.17, 15) is 4.79 Å². The van der Waals surface area contributed by atoms with Gasteiger partial charge in [-0.1, -0.05) is 18.2 Å². The smallest absolute Gasteiger partial charge is 0.340 e. The Labute approximate surface area is 229 Å². The van der Waals surface area contributed by atoms with Crippen molar-refractivity contribution in [3.63, 3.8) is 0 Å². The van der Waals surface area contributed by atoms with Gasteiger partial charge in [0.05, 0.1) is 12.2 Å². The summed E-state index contributed by atoms with van der Waals surface area (Å²) in [6, 6.07) is 25.8. The molecular weight excluding hydrogens is 488 g/mol. The van der Waals surface area contributed by atoms with E-state index in [1.807, 2.05) is 74.5 Å². The first-order valence-corrected chi connectivity index (χ1v) is 13.5. The SMILES string of the molecule is CCOc1ccc(Nc2cc3c(cc2C)Oc2cc(N(CC)CC)ccc2C32OC(=O)c3ccccc32)cc1. The Kier molecular flexibility index (Phi) is 6.18. The Hall–Kier alpha value is -4.45. The molecular formula is C33H32N2O4. The molecule has 0 saturated carbocycles. The number of hydrogen-bond acceptors (Lipinski definition) is 6. The molecule has 39 heavy (non-hydrogen) atoms. The second-order valence-electron chi connectivity index (χ2n) is 9.82. The average Bonchev–Trinajstić information content (AvgIpc) is 3.24. The Morgan fingerprint density at radius 3 is 2.33 bits per heavy atom. The maximum Gasteiger partial charge on any atom is 0.340 e. The van der Waals surface area contributed by atoms with Crippen LogP contribution in [0.15, 0.2) is 78.9 Å².